The van der Waals surface area contributed by atoms with Gasteiger partial charge in [0.25, 0.3) is 0 Å². The molecule has 0 unspecified atom stereocenters. The van der Waals surface area contributed by atoms with Gasteiger partial charge < -0.3 is 11.5 Å². The zero-order chi connectivity index (χ0) is 8.73. The maximum absolute atomic E-state index is 9.00. The normalized spacial score (nSPS) is 6.80. The molecule has 0 bridgehead atoms. The predicted molar refractivity (Wildman–Crippen MR) is 35.8 cm³/mol. The largest absolute Gasteiger partial charge is 0.385 e. The number of nitrogens with zero attached hydrogens (tertiary/aromatic N) is 1. The van der Waals surface area contributed by atoms with Gasteiger partial charge in [-0.3, -0.25) is 23.2 Å². The second-order valence-electron chi connectivity index (χ2n) is 1.23. The van der Waals surface area contributed by atoms with Gasteiger partial charge >= 0.3 is 12.0 Å². The van der Waals surface area contributed by atoms with Crippen molar-refractivity contribution in [2.24, 2.45) is 34.6 Å². The molecule has 0 saturated heterocycles. The summed E-state index contributed by atoms with van der Waals surface area (Å²) in [5.41, 5.74) is 18.1. The Kier molecular flexibility index (Phi) is 5.81. The predicted octanol–water partition coefficient (Wildman–Crippen LogP) is -3.96. The van der Waals surface area contributed by atoms with Crippen molar-refractivity contribution in [3.05, 3.63) is 0 Å². The van der Waals surface area contributed by atoms with Gasteiger partial charge in [0.05, 0.1) is 0 Å². The van der Waals surface area contributed by atoms with Gasteiger partial charge in [0.1, 0.15) is 0 Å². The number of nitrogens with two attached hydrogens (primary N) is 6. The van der Waals surface area contributed by atoms with Crippen LogP contribution >= 0.6 is 0 Å². The van der Waals surface area contributed by atoms with Gasteiger partial charge in [-0.15, -0.1) is 0 Å². The van der Waals surface area contributed by atoms with E-state index in [1.165, 1.54) is 0 Å². The molecule has 0 radical (unpaired) electrons. The van der Waals surface area contributed by atoms with Gasteiger partial charge in [-0.25, -0.2) is 4.79 Å². The van der Waals surface area contributed by atoms with Gasteiger partial charge in [-0.2, -0.15) is 0 Å². The molecule has 10 heavy (non-hydrogen) atoms. The van der Waals surface area contributed by atoms with Crippen LogP contribution in [0.2, 0.25) is 0 Å². The number of amides is 2. The highest BCUT2D eigenvalue weighted by Gasteiger charge is 1.84. The fourth-order valence-corrected chi connectivity index (χ4v) is 0. The van der Waals surface area contributed by atoms with Gasteiger partial charge in [0.2, 0.25) is 0 Å². The van der Waals surface area contributed by atoms with E-state index < -0.39 is 6.03 Å². The van der Waals surface area contributed by atoms with E-state index in [1.54, 1.807) is 0 Å². The van der Waals surface area contributed by atoms with Crippen molar-refractivity contribution in [3.8, 4) is 0 Å². The van der Waals surface area contributed by atoms with Crippen molar-refractivity contribution in [1.82, 2.24) is 0 Å². The van der Waals surface area contributed by atoms with Crippen LogP contribution in [-0.2, 0) is 0 Å². The van der Waals surface area contributed by atoms with Crippen molar-refractivity contribution >= 4 is 12.0 Å². The standard InChI is InChI=1S/CH7N5.CH4N2O/c2-1(3)6(4)5;2-1(3)4/h4-5H2,(H3,2,3);(H4,2,3,4)/p+1. The molecule has 0 atom stereocenters. The molecule has 12 N–H and O–H groups in total. The molecular formula is C2H12N7O+. The van der Waals surface area contributed by atoms with Crippen LogP contribution in [0.15, 0.2) is 0 Å². The first kappa shape index (κ1) is 11.0. The van der Waals surface area contributed by atoms with E-state index in [0.717, 1.165) is 0 Å². The van der Waals surface area contributed by atoms with Crippen molar-refractivity contribution in [2.45, 2.75) is 0 Å². The lowest BCUT2D eigenvalue weighted by molar-refractivity contribution is -0.553. The van der Waals surface area contributed by atoms with Gasteiger partial charge in [-0.05, 0) is 0 Å². The van der Waals surface area contributed by atoms with Crippen molar-refractivity contribution in [3.63, 3.8) is 0 Å². The Morgan fingerprint density at radius 3 is 1.10 bits per heavy atom. The summed E-state index contributed by atoms with van der Waals surface area (Å²) in [6.45, 7) is 0. The number of rotatable bonds is 0. The molecule has 0 aliphatic rings. The van der Waals surface area contributed by atoms with Crippen LogP contribution in [0.25, 0.3) is 0 Å². The summed E-state index contributed by atoms with van der Waals surface area (Å²) in [5.74, 6) is 9.42. The molecule has 0 aliphatic carbocycles. The average Bonchev–Trinajstić information content (AvgIpc) is 1.63. The summed E-state index contributed by atoms with van der Waals surface area (Å²) in [6.07, 6.45) is 0. The Morgan fingerprint density at radius 2 is 1.10 bits per heavy atom. The van der Waals surface area contributed by atoms with Crippen molar-refractivity contribution in [2.75, 3.05) is 0 Å². The maximum atomic E-state index is 9.00. The van der Waals surface area contributed by atoms with E-state index in [0.29, 0.717) is 4.79 Å². The highest BCUT2D eigenvalue weighted by molar-refractivity contribution is 5.69. The minimum Gasteiger partial charge on any atom is -0.352 e. The maximum Gasteiger partial charge on any atom is 0.385 e. The quantitative estimate of drug-likeness (QED) is 0.0677. The number of hydrogen-bond acceptors (Lipinski definition) is 3. The molecule has 0 aromatic carbocycles. The van der Waals surface area contributed by atoms with Crippen LogP contribution in [0.4, 0.5) is 4.79 Å². The number of guanidine groups is 1. The first-order valence-corrected chi connectivity index (χ1v) is 2.10. The summed E-state index contributed by atoms with van der Waals surface area (Å²) >= 11 is 0. The van der Waals surface area contributed by atoms with Crippen LogP contribution in [0, 0.1) is 0 Å². The minimum absolute atomic E-state index is 0.102. The molecule has 2 amide bonds. The third-order valence-electron chi connectivity index (χ3n) is 0.298. The summed E-state index contributed by atoms with van der Waals surface area (Å²) in [6, 6.07) is -0.833. The lowest BCUT2D eigenvalue weighted by Crippen LogP contribution is -2.43. The van der Waals surface area contributed by atoms with Crippen LogP contribution in [-0.4, -0.2) is 16.8 Å². The van der Waals surface area contributed by atoms with E-state index in [2.05, 4.69) is 11.5 Å². The fraction of sp³-hybridized carbons (Fsp3) is 0. The lowest BCUT2D eigenvalue weighted by Gasteiger charge is -1.86. The van der Waals surface area contributed by atoms with Gasteiger partial charge in [0.15, 0.2) is 0 Å². The molecule has 8 nitrogen and oxygen atoms in total. The molecule has 8 heteroatoms. The van der Waals surface area contributed by atoms with Crippen LogP contribution in [0.1, 0.15) is 0 Å². The number of urea groups is 1. The monoisotopic (exact) mass is 150 g/mol. The Morgan fingerprint density at radius 1 is 1.00 bits per heavy atom. The third-order valence-corrected chi connectivity index (χ3v) is 0.298. The summed E-state index contributed by atoms with van der Waals surface area (Å²) in [7, 11) is 0. The van der Waals surface area contributed by atoms with Crippen LogP contribution < -0.4 is 34.6 Å². The number of hydrazine groups is 2. The highest BCUT2D eigenvalue weighted by atomic mass is 16.2. The molecule has 0 fully saturated rings. The van der Waals surface area contributed by atoms with Crippen molar-refractivity contribution < 1.29 is 9.59 Å². The second-order valence-corrected chi connectivity index (χ2v) is 1.23. The molecule has 0 saturated carbocycles. The summed E-state index contributed by atoms with van der Waals surface area (Å²) in [4.78, 5) is 9.64. The van der Waals surface area contributed by atoms with E-state index in [1.807, 2.05) is 0 Å². The molecule has 60 valence electrons. The van der Waals surface area contributed by atoms with Crippen LogP contribution in [0.3, 0.4) is 0 Å². The first-order valence-electron chi connectivity index (χ1n) is 2.10. The molecule has 0 spiro atoms. The van der Waals surface area contributed by atoms with E-state index in [4.69, 9.17) is 27.9 Å². The molecular weight excluding hydrogens is 138 g/mol. The third kappa shape index (κ3) is 35.4. The SMILES string of the molecule is NC(N)=O.NC(N)=[N+](N)N. The molecule has 0 heterocycles. The van der Waals surface area contributed by atoms with Crippen LogP contribution in [0.5, 0.6) is 0 Å². The number of hydrogen-bond donors (Lipinski definition) is 6. The summed E-state index contributed by atoms with van der Waals surface area (Å²) in [5, 5.41) is 0. The Labute approximate surface area is 57.4 Å². The number of hydrazone groups is 2. The second kappa shape index (κ2) is 5.28. The Balaban J connectivity index is 0. The zero-order valence-corrected chi connectivity index (χ0v) is 5.32. The van der Waals surface area contributed by atoms with E-state index in [9.17, 15) is 0 Å². The number of carbonyl (C=O) groups excluding carboxylic acids is 1. The van der Waals surface area contributed by atoms with Gasteiger partial charge in [-0.1, -0.05) is 4.79 Å². The zero-order valence-electron chi connectivity index (χ0n) is 5.32. The Bertz CT molecular complexity index is 117. The molecule has 0 aromatic rings. The minimum atomic E-state index is -0.833. The summed E-state index contributed by atoms with van der Waals surface area (Å²) < 4.78 is 0. The molecule has 0 aromatic heterocycles. The van der Waals surface area contributed by atoms with E-state index in [-0.39, 0.29) is 5.96 Å². The Hall–Kier alpha value is -1.86. The topological polar surface area (TPSA) is 176 Å². The highest BCUT2D eigenvalue weighted by Crippen LogP contribution is 1.27. The van der Waals surface area contributed by atoms with Gasteiger partial charge in [0, 0.05) is 0 Å². The fourth-order valence-electron chi connectivity index (χ4n) is 0. The lowest BCUT2D eigenvalue weighted by atomic mass is 11.1. The number of primary amides is 2. The molecule has 0 rings (SSSR count). The van der Waals surface area contributed by atoms with Crippen molar-refractivity contribution in [1.29, 1.82) is 0 Å². The molecule has 0 aliphatic heterocycles. The first-order chi connectivity index (χ1) is 4.37. The average molecular weight is 150 g/mol. The number of carbonyl (C=O) groups is 1. The van der Waals surface area contributed by atoms with E-state index >= 15 is 0 Å². The smallest absolute Gasteiger partial charge is 0.352 e.